The normalized spacial score (nSPS) is 16.5. The van der Waals surface area contributed by atoms with Crippen molar-refractivity contribution in [3.05, 3.63) is 29.3 Å². The minimum atomic E-state index is -4.41. The summed E-state index contributed by atoms with van der Waals surface area (Å²) in [7, 11) is 0. The fourth-order valence-corrected chi connectivity index (χ4v) is 2.48. The van der Waals surface area contributed by atoms with Gasteiger partial charge in [0.1, 0.15) is 0 Å². The monoisotopic (exact) mass is 300 g/mol. The fourth-order valence-electron chi connectivity index (χ4n) is 2.48. The highest BCUT2D eigenvalue weighted by Gasteiger charge is 2.32. The zero-order valence-electron chi connectivity index (χ0n) is 12.0. The molecule has 0 unspecified atom stereocenters. The van der Waals surface area contributed by atoms with E-state index in [1.165, 1.54) is 19.1 Å². The highest BCUT2D eigenvalue weighted by Crippen LogP contribution is 2.33. The second-order valence-electron chi connectivity index (χ2n) is 5.36. The summed E-state index contributed by atoms with van der Waals surface area (Å²) in [4.78, 5) is 13.8. The Morgan fingerprint density at radius 3 is 2.33 bits per heavy atom. The van der Waals surface area contributed by atoms with E-state index in [2.05, 4.69) is 5.32 Å². The van der Waals surface area contributed by atoms with Crippen molar-refractivity contribution >= 4 is 11.7 Å². The smallest absolute Gasteiger partial charge is 0.325 e. The largest absolute Gasteiger partial charge is 0.416 e. The van der Waals surface area contributed by atoms with Gasteiger partial charge in [-0.15, -0.1) is 0 Å². The number of nitrogens with zero attached hydrogens (tertiary/aromatic N) is 1. The summed E-state index contributed by atoms with van der Waals surface area (Å²) in [6.45, 7) is 2.72. The molecule has 0 radical (unpaired) electrons. The lowest BCUT2D eigenvalue weighted by Crippen LogP contribution is -2.35. The van der Waals surface area contributed by atoms with E-state index in [1.807, 2.05) is 0 Å². The number of halogens is 3. The first kappa shape index (κ1) is 15.7. The van der Waals surface area contributed by atoms with E-state index < -0.39 is 11.7 Å². The number of nitrogens with one attached hydrogen (secondary N) is 1. The topological polar surface area (TPSA) is 32.3 Å². The van der Waals surface area contributed by atoms with Crippen LogP contribution in [0.1, 0.15) is 36.8 Å². The van der Waals surface area contributed by atoms with Gasteiger partial charge in [0, 0.05) is 18.8 Å². The van der Waals surface area contributed by atoms with E-state index in [1.54, 1.807) is 4.90 Å². The number of rotatable bonds is 1. The van der Waals surface area contributed by atoms with Crippen LogP contribution < -0.4 is 5.32 Å². The number of hydrogen-bond donors (Lipinski definition) is 1. The molecule has 1 heterocycles. The second kappa shape index (κ2) is 6.37. The number of carbonyl (C=O) groups is 1. The molecule has 116 valence electrons. The van der Waals surface area contributed by atoms with Gasteiger partial charge in [0.25, 0.3) is 0 Å². The van der Waals surface area contributed by atoms with E-state index in [-0.39, 0.29) is 17.3 Å². The van der Waals surface area contributed by atoms with Gasteiger partial charge in [-0.1, -0.05) is 18.9 Å². The maximum atomic E-state index is 12.9. The molecule has 1 saturated heterocycles. The van der Waals surface area contributed by atoms with Gasteiger partial charge in [0.05, 0.1) is 5.56 Å². The van der Waals surface area contributed by atoms with Crippen molar-refractivity contribution in [2.24, 2.45) is 0 Å². The molecule has 0 bridgehead atoms. The van der Waals surface area contributed by atoms with Crippen molar-refractivity contribution in [3.63, 3.8) is 0 Å². The molecule has 6 heteroatoms. The Labute approximate surface area is 122 Å². The number of benzene rings is 1. The molecule has 0 aromatic heterocycles. The zero-order chi connectivity index (χ0) is 15.5. The third kappa shape index (κ3) is 4.12. The molecule has 1 aromatic rings. The molecule has 0 atom stereocenters. The first-order valence-electron chi connectivity index (χ1n) is 7.12. The predicted molar refractivity (Wildman–Crippen MR) is 75.2 cm³/mol. The maximum absolute atomic E-state index is 12.9. The quantitative estimate of drug-likeness (QED) is 0.818. The lowest BCUT2D eigenvalue weighted by atomic mass is 10.1. The van der Waals surface area contributed by atoms with Crippen LogP contribution in [0.15, 0.2) is 18.2 Å². The maximum Gasteiger partial charge on any atom is 0.416 e. The summed E-state index contributed by atoms with van der Waals surface area (Å²) in [6.07, 6.45) is -0.350. The third-order valence-electron chi connectivity index (χ3n) is 3.69. The highest BCUT2D eigenvalue weighted by atomic mass is 19.4. The number of carbonyl (C=O) groups excluding carboxylic acids is 1. The lowest BCUT2D eigenvalue weighted by Gasteiger charge is -2.21. The van der Waals surface area contributed by atoms with Crippen LogP contribution in [0.3, 0.4) is 0 Å². The molecule has 1 N–H and O–H groups in total. The molecule has 21 heavy (non-hydrogen) atoms. The summed E-state index contributed by atoms with van der Waals surface area (Å²) in [5.74, 6) is 0. The molecular weight excluding hydrogens is 281 g/mol. The SMILES string of the molecule is Cc1ccc(NC(=O)N2CCCCCC2)cc1C(F)(F)F. The van der Waals surface area contributed by atoms with E-state index in [0.29, 0.717) is 13.1 Å². The number of aryl methyl sites for hydroxylation is 1. The first-order valence-corrected chi connectivity index (χ1v) is 7.12. The number of hydrogen-bond acceptors (Lipinski definition) is 1. The van der Waals surface area contributed by atoms with Gasteiger partial charge in [-0.25, -0.2) is 4.79 Å². The predicted octanol–water partition coefficient (Wildman–Crippen LogP) is 4.42. The molecule has 2 amide bonds. The molecule has 2 rings (SSSR count). The minimum absolute atomic E-state index is 0.148. The fraction of sp³-hybridized carbons (Fsp3) is 0.533. The molecule has 1 aliphatic heterocycles. The van der Waals surface area contributed by atoms with Gasteiger partial charge in [0.15, 0.2) is 0 Å². The number of alkyl halides is 3. The van der Waals surface area contributed by atoms with Crippen molar-refractivity contribution in [2.75, 3.05) is 18.4 Å². The van der Waals surface area contributed by atoms with Gasteiger partial charge >= 0.3 is 12.2 Å². The Hall–Kier alpha value is -1.72. The van der Waals surface area contributed by atoms with Crippen molar-refractivity contribution in [1.29, 1.82) is 0 Å². The molecule has 0 saturated carbocycles. The van der Waals surface area contributed by atoms with Crippen LogP contribution in [0.25, 0.3) is 0 Å². The van der Waals surface area contributed by atoms with E-state index in [0.717, 1.165) is 31.7 Å². The lowest BCUT2D eigenvalue weighted by molar-refractivity contribution is -0.138. The van der Waals surface area contributed by atoms with Crippen LogP contribution in [-0.4, -0.2) is 24.0 Å². The van der Waals surface area contributed by atoms with Crippen LogP contribution in [-0.2, 0) is 6.18 Å². The Morgan fingerprint density at radius 2 is 1.76 bits per heavy atom. The van der Waals surface area contributed by atoms with Crippen LogP contribution in [0.4, 0.5) is 23.7 Å². The Morgan fingerprint density at radius 1 is 1.14 bits per heavy atom. The molecule has 3 nitrogen and oxygen atoms in total. The molecule has 1 aliphatic rings. The zero-order valence-corrected chi connectivity index (χ0v) is 12.0. The number of anilines is 1. The number of amides is 2. The first-order chi connectivity index (χ1) is 9.88. The summed E-state index contributed by atoms with van der Waals surface area (Å²) in [6, 6.07) is 3.54. The van der Waals surface area contributed by atoms with Crippen LogP contribution in [0, 0.1) is 6.92 Å². The standard InChI is InChI=1S/C15H19F3N2O/c1-11-6-7-12(10-13(11)15(16,17)18)19-14(21)20-8-4-2-3-5-9-20/h6-7,10H,2-5,8-9H2,1H3,(H,19,21). The molecule has 1 aromatic carbocycles. The van der Waals surface area contributed by atoms with Gasteiger partial charge in [0.2, 0.25) is 0 Å². The van der Waals surface area contributed by atoms with Gasteiger partial charge < -0.3 is 10.2 Å². The van der Waals surface area contributed by atoms with E-state index in [4.69, 9.17) is 0 Å². The Balaban J connectivity index is 2.10. The number of likely N-dealkylation sites (tertiary alicyclic amines) is 1. The van der Waals surface area contributed by atoms with E-state index >= 15 is 0 Å². The van der Waals surface area contributed by atoms with Crippen LogP contribution >= 0.6 is 0 Å². The average Bonchev–Trinajstić information content (AvgIpc) is 2.68. The second-order valence-corrected chi connectivity index (χ2v) is 5.36. The molecule has 0 aliphatic carbocycles. The van der Waals surface area contributed by atoms with Crippen LogP contribution in [0.2, 0.25) is 0 Å². The summed E-state index contributed by atoms with van der Waals surface area (Å²) < 4.78 is 38.6. The molecular formula is C15H19F3N2O. The minimum Gasteiger partial charge on any atom is -0.325 e. The molecule has 1 fully saturated rings. The van der Waals surface area contributed by atoms with Crippen molar-refractivity contribution in [2.45, 2.75) is 38.8 Å². The molecule has 0 spiro atoms. The van der Waals surface area contributed by atoms with Gasteiger partial charge in [-0.3, -0.25) is 0 Å². The average molecular weight is 300 g/mol. The van der Waals surface area contributed by atoms with Gasteiger partial charge in [-0.2, -0.15) is 13.2 Å². The van der Waals surface area contributed by atoms with Crippen LogP contribution in [0.5, 0.6) is 0 Å². The summed E-state index contributed by atoms with van der Waals surface area (Å²) in [5, 5.41) is 2.57. The summed E-state index contributed by atoms with van der Waals surface area (Å²) in [5.41, 5.74) is -0.381. The number of urea groups is 1. The van der Waals surface area contributed by atoms with Crippen molar-refractivity contribution in [3.8, 4) is 0 Å². The highest BCUT2D eigenvalue weighted by molar-refractivity contribution is 5.89. The van der Waals surface area contributed by atoms with Crippen molar-refractivity contribution < 1.29 is 18.0 Å². The van der Waals surface area contributed by atoms with Crippen molar-refractivity contribution in [1.82, 2.24) is 4.90 Å². The van der Waals surface area contributed by atoms with Gasteiger partial charge in [-0.05, 0) is 37.5 Å². The Kier molecular flexibility index (Phi) is 4.75. The van der Waals surface area contributed by atoms with E-state index in [9.17, 15) is 18.0 Å². The third-order valence-corrected chi connectivity index (χ3v) is 3.69. The Bertz CT molecular complexity index is 506. The summed E-state index contributed by atoms with van der Waals surface area (Å²) >= 11 is 0.